The Morgan fingerprint density at radius 1 is 1.14 bits per heavy atom. The van der Waals surface area contributed by atoms with Crippen molar-refractivity contribution in [2.75, 3.05) is 32.7 Å². The number of piperazine rings is 1. The molecule has 1 saturated heterocycles. The van der Waals surface area contributed by atoms with Crippen LogP contribution < -0.4 is 0 Å². The van der Waals surface area contributed by atoms with E-state index < -0.39 is 0 Å². The van der Waals surface area contributed by atoms with Crippen LogP contribution in [0.15, 0.2) is 24.3 Å². The number of hydrogen-bond donors (Lipinski definition) is 1. The summed E-state index contributed by atoms with van der Waals surface area (Å²) in [5.41, 5.74) is 2.51. The van der Waals surface area contributed by atoms with Crippen molar-refractivity contribution in [1.29, 1.82) is 0 Å². The molecule has 1 heterocycles. The molecule has 0 bridgehead atoms. The zero-order chi connectivity index (χ0) is 14.7. The summed E-state index contributed by atoms with van der Waals surface area (Å²) in [5.74, 6) is 0. The summed E-state index contributed by atoms with van der Waals surface area (Å²) in [7, 11) is 0. The smallest absolute Gasteiger partial charge is 0.0947 e. The summed E-state index contributed by atoms with van der Waals surface area (Å²) in [4.78, 5) is 5.08. The maximum absolute atomic E-state index is 10.9. The average Bonchev–Trinajstić information content (AvgIpc) is 2.68. The van der Waals surface area contributed by atoms with Gasteiger partial charge >= 0.3 is 0 Å². The van der Waals surface area contributed by atoms with Crippen LogP contribution in [0.1, 0.15) is 43.4 Å². The van der Waals surface area contributed by atoms with Gasteiger partial charge in [-0.15, -0.1) is 0 Å². The molecule has 0 saturated carbocycles. The zero-order valence-electron chi connectivity index (χ0n) is 13.2. The molecule has 3 rings (SSSR count). The first kappa shape index (κ1) is 15.0. The van der Waals surface area contributed by atoms with Crippen molar-refractivity contribution in [3.8, 4) is 0 Å². The second-order valence-electron chi connectivity index (χ2n) is 6.48. The number of aryl methyl sites for hydroxylation is 1. The molecule has 0 radical (unpaired) electrons. The Bertz CT molecular complexity index is 454. The predicted octanol–water partition coefficient (Wildman–Crippen LogP) is 2.45. The molecule has 3 nitrogen and oxygen atoms in total. The molecule has 1 aliphatic heterocycles. The third kappa shape index (κ3) is 3.31. The summed E-state index contributed by atoms with van der Waals surface area (Å²) in [5, 5.41) is 10.9. The van der Waals surface area contributed by atoms with Crippen LogP contribution in [0.4, 0.5) is 0 Å². The zero-order valence-corrected chi connectivity index (χ0v) is 13.2. The Morgan fingerprint density at radius 2 is 1.90 bits per heavy atom. The van der Waals surface area contributed by atoms with Gasteiger partial charge in [-0.05, 0) is 43.4 Å². The highest BCUT2D eigenvalue weighted by atomic mass is 16.3. The first-order valence-corrected chi connectivity index (χ1v) is 8.52. The minimum Gasteiger partial charge on any atom is -0.387 e. The van der Waals surface area contributed by atoms with Gasteiger partial charge in [0.15, 0.2) is 0 Å². The van der Waals surface area contributed by atoms with Gasteiger partial charge in [-0.25, -0.2) is 0 Å². The van der Waals surface area contributed by atoms with E-state index in [0.29, 0.717) is 6.04 Å². The van der Waals surface area contributed by atoms with Crippen LogP contribution in [0.5, 0.6) is 0 Å². The number of aliphatic hydroxyl groups is 1. The van der Waals surface area contributed by atoms with E-state index in [1.54, 1.807) is 0 Å². The van der Waals surface area contributed by atoms with Crippen molar-refractivity contribution < 1.29 is 5.11 Å². The number of rotatable bonds is 3. The number of aliphatic hydroxyl groups excluding tert-OH is 1. The highest BCUT2D eigenvalue weighted by Gasteiger charge is 2.32. The lowest BCUT2D eigenvalue weighted by atomic mass is 9.97. The second-order valence-corrected chi connectivity index (χ2v) is 6.48. The molecule has 0 spiro atoms. The molecule has 2 unspecified atom stereocenters. The van der Waals surface area contributed by atoms with Crippen molar-refractivity contribution in [2.24, 2.45) is 0 Å². The molecule has 0 aromatic heterocycles. The van der Waals surface area contributed by atoms with Crippen LogP contribution in [0.2, 0.25) is 0 Å². The highest BCUT2D eigenvalue weighted by molar-refractivity contribution is 5.31. The van der Waals surface area contributed by atoms with E-state index in [1.165, 1.54) is 24.9 Å². The van der Waals surface area contributed by atoms with E-state index in [1.807, 2.05) is 0 Å². The highest BCUT2D eigenvalue weighted by Crippen LogP contribution is 2.32. The Kier molecular flexibility index (Phi) is 4.94. The van der Waals surface area contributed by atoms with Crippen molar-refractivity contribution in [3.05, 3.63) is 35.4 Å². The molecular weight excluding hydrogens is 260 g/mol. The monoisotopic (exact) mass is 288 g/mol. The van der Waals surface area contributed by atoms with Gasteiger partial charge in [-0.1, -0.05) is 31.2 Å². The summed E-state index contributed by atoms with van der Waals surface area (Å²) < 4.78 is 0. The third-order valence-corrected chi connectivity index (χ3v) is 5.10. The summed E-state index contributed by atoms with van der Waals surface area (Å²) >= 11 is 0. The fourth-order valence-corrected chi connectivity index (χ4v) is 3.93. The average molecular weight is 288 g/mol. The van der Waals surface area contributed by atoms with Gasteiger partial charge in [0.1, 0.15) is 0 Å². The number of fused-ring (bicyclic) bond motifs is 1. The summed E-state index contributed by atoms with van der Waals surface area (Å²) in [6, 6.07) is 8.75. The minimum absolute atomic E-state index is 0.303. The molecule has 116 valence electrons. The van der Waals surface area contributed by atoms with Crippen molar-refractivity contribution in [3.63, 3.8) is 0 Å². The fraction of sp³-hybridized carbons (Fsp3) is 0.667. The molecule has 1 aromatic rings. The van der Waals surface area contributed by atoms with Crippen LogP contribution in [0, 0.1) is 0 Å². The lowest BCUT2D eigenvalue weighted by molar-refractivity contribution is 0.0151. The molecule has 1 fully saturated rings. The molecule has 2 atom stereocenters. The molecular formula is C18H28N2O. The Hall–Kier alpha value is -0.900. The van der Waals surface area contributed by atoms with Gasteiger partial charge in [-0.2, -0.15) is 0 Å². The van der Waals surface area contributed by atoms with Gasteiger partial charge in [0.25, 0.3) is 0 Å². The van der Waals surface area contributed by atoms with Crippen LogP contribution in [0.25, 0.3) is 0 Å². The normalized spacial score (nSPS) is 28.1. The van der Waals surface area contributed by atoms with E-state index >= 15 is 0 Å². The molecule has 1 aromatic carbocycles. The molecule has 2 aliphatic rings. The Balaban J connectivity index is 1.69. The first-order chi connectivity index (χ1) is 10.3. The van der Waals surface area contributed by atoms with E-state index in [4.69, 9.17) is 0 Å². The number of benzene rings is 1. The number of hydrogen-bond acceptors (Lipinski definition) is 3. The molecule has 3 heteroatoms. The first-order valence-electron chi connectivity index (χ1n) is 8.52. The Morgan fingerprint density at radius 3 is 2.67 bits per heavy atom. The lowest BCUT2D eigenvalue weighted by Crippen LogP contribution is -2.51. The summed E-state index contributed by atoms with van der Waals surface area (Å²) in [6.45, 7) is 7.97. The van der Waals surface area contributed by atoms with Gasteiger partial charge < -0.3 is 10.0 Å². The second kappa shape index (κ2) is 6.91. The van der Waals surface area contributed by atoms with Gasteiger partial charge in [0.05, 0.1) is 6.10 Å². The van der Waals surface area contributed by atoms with Gasteiger partial charge in [0, 0.05) is 32.2 Å². The van der Waals surface area contributed by atoms with Gasteiger partial charge in [-0.3, -0.25) is 4.90 Å². The van der Waals surface area contributed by atoms with E-state index in [0.717, 1.165) is 44.6 Å². The molecule has 1 aliphatic carbocycles. The van der Waals surface area contributed by atoms with E-state index in [9.17, 15) is 5.11 Å². The Labute approximate surface area is 128 Å². The van der Waals surface area contributed by atoms with Crippen molar-refractivity contribution in [1.82, 2.24) is 9.80 Å². The quantitative estimate of drug-likeness (QED) is 0.866. The third-order valence-electron chi connectivity index (χ3n) is 5.10. The van der Waals surface area contributed by atoms with Crippen LogP contribution in [-0.4, -0.2) is 53.7 Å². The lowest BCUT2D eigenvalue weighted by Gasteiger charge is -2.40. The van der Waals surface area contributed by atoms with E-state index in [-0.39, 0.29) is 6.10 Å². The van der Waals surface area contributed by atoms with Crippen molar-refractivity contribution in [2.45, 2.75) is 44.8 Å². The fourth-order valence-electron chi connectivity index (χ4n) is 3.93. The number of nitrogens with zero attached hydrogens (tertiary/aromatic N) is 2. The van der Waals surface area contributed by atoms with Crippen molar-refractivity contribution >= 4 is 0 Å². The predicted molar refractivity (Wildman–Crippen MR) is 86.4 cm³/mol. The minimum atomic E-state index is -0.318. The molecule has 1 N–H and O–H groups in total. The summed E-state index contributed by atoms with van der Waals surface area (Å²) in [6.07, 6.45) is 4.33. The van der Waals surface area contributed by atoms with Gasteiger partial charge in [0.2, 0.25) is 0 Å². The largest absolute Gasteiger partial charge is 0.387 e. The van der Waals surface area contributed by atoms with Crippen LogP contribution in [-0.2, 0) is 6.42 Å². The topological polar surface area (TPSA) is 26.7 Å². The molecule has 21 heavy (non-hydrogen) atoms. The standard InChI is InChI=1S/C18H28N2O/c1-2-10-19-11-13-20(14-12-19)17-9-5-7-15-6-3-4-8-16(15)18(17)21/h3-4,6,8,17-18,21H,2,5,7,9-14H2,1H3. The maximum Gasteiger partial charge on any atom is 0.0947 e. The maximum atomic E-state index is 10.9. The van der Waals surface area contributed by atoms with E-state index in [2.05, 4.69) is 41.0 Å². The molecule has 0 amide bonds. The SMILES string of the molecule is CCCN1CCN(C2CCCc3ccccc3C2O)CC1. The van der Waals surface area contributed by atoms with Crippen LogP contribution >= 0.6 is 0 Å². The van der Waals surface area contributed by atoms with Crippen LogP contribution in [0.3, 0.4) is 0 Å².